The Bertz CT molecular complexity index is 994. The Balaban J connectivity index is 2.01. The average molecular weight is 520 g/mol. The molecular weight excluding hydrogens is 490 g/mol. The summed E-state index contributed by atoms with van der Waals surface area (Å²) in [5.41, 5.74) is 4.06. The van der Waals surface area contributed by atoms with Gasteiger partial charge >= 0.3 is 0 Å². The maximum atomic E-state index is 12.7. The molecule has 178 valence electrons. The van der Waals surface area contributed by atoms with E-state index in [4.69, 9.17) is 14.2 Å². The Morgan fingerprint density at radius 1 is 1.09 bits per heavy atom. The van der Waals surface area contributed by atoms with Crippen molar-refractivity contribution in [2.45, 2.75) is 33.2 Å². The molecule has 2 aromatic carbocycles. The maximum absolute atomic E-state index is 12.7. The monoisotopic (exact) mass is 519 g/mol. The van der Waals surface area contributed by atoms with Crippen LogP contribution in [0.4, 0.5) is 0 Å². The van der Waals surface area contributed by atoms with E-state index in [-0.39, 0.29) is 18.4 Å². The third-order valence-electron chi connectivity index (χ3n) is 4.69. The number of hydrazone groups is 1. The number of amides is 2. The summed E-state index contributed by atoms with van der Waals surface area (Å²) in [6.45, 7) is 5.65. The van der Waals surface area contributed by atoms with Gasteiger partial charge in [0.1, 0.15) is 23.3 Å². The first-order chi connectivity index (χ1) is 15.7. The summed E-state index contributed by atoms with van der Waals surface area (Å²) in [5, 5.41) is 6.77. The fourth-order valence-electron chi connectivity index (χ4n) is 3.03. The van der Waals surface area contributed by atoms with Crippen LogP contribution in [-0.2, 0) is 9.59 Å². The molecule has 2 amide bonds. The number of carbonyl (C=O) groups is 2. The van der Waals surface area contributed by atoms with Crippen molar-refractivity contribution in [3.05, 3.63) is 52.0 Å². The van der Waals surface area contributed by atoms with Gasteiger partial charge in [0.05, 0.1) is 24.9 Å². The quantitative estimate of drug-likeness (QED) is 0.347. The van der Waals surface area contributed by atoms with Crippen LogP contribution in [0.25, 0.3) is 0 Å². The second-order valence-electron chi connectivity index (χ2n) is 7.77. The summed E-state index contributed by atoms with van der Waals surface area (Å²) in [6, 6.07) is 10.2. The fraction of sp³-hybridized carbons (Fsp3) is 0.375. The molecule has 2 aromatic rings. The zero-order valence-corrected chi connectivity index (χ0v) is 21.1. The van der Waals surface area contributed by atoms with Gasteiger partial charge in [-0.1, -0.05) is 32.0 Å². The van der Waals surface area contributed by atoms with Gasteiger partial charge in [0.15, 0.2) is 6.61 Å². The van der Waals surface area contributed by atoms with Crippen LogP contribution in [0.1, 0.15) is 31.4 Å². The molecular formula is C24H30BrN3O5. The van der Waals surface area contributed by atoms with Gasteiger partial charge in [-0.3, -0.25) is 9.59 Å². The molecule has 2 rings (SSSR count). The number of aryl methyl sites for hydroxylation is 1. The number of nitrogens with one attached hydrogen (secondary N) is 2. The van der Waals surface area contributed by atoms with Crippen molar-refractivity contribution in [2.75, 3.05) is 20.8 Å². The Kier molecular flexibility index (Phi) is 10.2. The normalized spacial score (nSPS) is 11.8. The van der Waals surface area contributed by atoms with Crippen molar-refractivity contribution < 1.29 is 23.8 Å². The summed E-state index contributed by atoms with van der Waals surface area (Å²) in [7, 11) is 3.09. The van der Waals surface area contributed by atoms with Crippen LogP contribution < -0.4 is 25.0 Å². The molecule has 0 aliphatic carbocycles. The highest BCUT2D eigenvalue weighted by Crippen LogP contribution is 2.31. The van der Waals surface area contributed by atoms with Crippen LogP contribution in [0.2, 0.25) is 0 Å². The molecule has 0 aromatic heterocycles. The number of methoxy groups -OCH3 is 2. The average Bonchev–Trinajstić information content (AvgIpc) is 2.78. The summed E-state index contributed by atoms with van der Waals surface area (Å²) in [5.74, 6) is 1.15. The smallest absolute Gasteiger partial charge is 0.262 e. The highest BCUT2D eigenvalue weighted by atomic mass is 79.9. The third kappa shape index (κ3) is 8.09. The zero-order chi connectivity index (χ0) is 24.4. The minimum Gasteiger partial charge on any atom is -0.496 e. The minimum atomic E-state index is -0.750. The summed E-state index contributed by atoms with van der Waals surface area (Å²) < 4.78 is 16.9. The molecule has 0 radical (unpaired) electrons. The van der Waals surface area contributed by atoms with E-state index in [0.717, 1.165) is 10.0 Å². The first-order valence-corrected chi connectivity index (χ1v) is 11.3. The van der Waals surface area contributed by atoms with E-state index >= 15 is 0 Å². The molecule has 0 saturated carbocycles. The Labute approximate surface area is 202 Å². The molecule has 0 fully saturated rings. The second-order valence-corrected chi connectivity index (χ2v) is 8.62. The molecule has 0 unspecified atom stereocenters. The van der Waals surface area contributed by atoms with Crippen molar-refractivity contribution in [3.63, 3.8) is 0 Å². The molecule has 0 aliphatic heterocycles. The van der Waals surface area contributed by atoms with E-state index < -0.39 is 11.9 Å². The van der Waals surface area contributed by atoms with E-state index in [1.807, 2.05) is 39.0 Å². The lowest BCUT2D eigenvalue weighted by Crippen LogP contribution is -2.47. The lowest BCUT2D eigenvalue weighted by atomic mass is 10.0. The lowest BCUT2D eigenvalue weighted by molar-refractivity contribution is -0.130. The van der Waals surface area contributed by atoms with Gasteiger partial charge in [-0.15, -0.1) is 0 Å². The zero-order valence-electron chi connectivity index (χ0n) is 19.5. The van der Waals surface area contributed by atoms with Crippen LogP contribution in [0.3, 0.4) is 0 Å². The summed E-state index contributed by atoms with van der Waals surface area (Å²) in [4.78, 5) is 25.1. The van der Waals surface area contributed by atoms with E-state index in [2.05, 4.69) is 31.8 Å². The van der Waals surface area contributed by atoms with E-state index in [1.54, 1.807) is 25.3 Å². The number of hydrogen-bond donors (Lipinski definition) is 2. The molecule has 0 spiro atoms. The number of halogens is 1. The summed E-state index contributed by atoms with van der Waals surface area (Å²) in [6.07, 6.45) is 1.92. The second kappa shape index (κ2) is 12.8. The van der Waals surface area contributed by atoms with Crippen LogP contribution in [0, 0.1) is 12.8 Å². The molecule has 0 bridgehead atoms. The van der Waals surface area contributed by atoms with Gasteiger partial charge in [-0.05, 0) is 52.9 Å². The predicted molar refractivity (Wildman–Crippen MR) is 131 cm³/mol. The van der Waals surface area contributed by atoms with E-state index in [0.29, 0.717) is 29.2 Å². The largest absolute Gasteiger partial charge is 0.496 e. The number of ether oxygens (including phenoxy) is 3. The highest BCUT2D eigenvalue weighted by molar-refractivity contribution is 9.10. The number of carbonyl (C=O) groups excluding carboxylic acids is 2. The van der Waals surface area contributed by atoms with Crippen LogP contribution >= 0.6 is 15.9 Å². The Morgan fingerprint density at radius 2 is 1.79 bits per heavy atom. The van der Waals surface area contributed by atoms with Gasteiger partial charge in [-0.25, -0.2) is 5.43 Å². The SMILES string of the molecule is COc1cc(OC)c(/C=N\NC(=O)[C@H](CC(C)C)NC(=O)COc2ccccc2C)cc1Br. The van der Waals surface area contributed by atoms with E-state index in [9.17, 15) is 9.59 Å². The van der Waals surface area contributed by atoms with Gasteiger partial charge in [0.2, 0.25) is 0 Å². The number of nitrogens with zero attached hydrogens (tertiary/aromatic N) is 1. The van der Waals surface area contributed by atoms with Crippen molar-refractivity contribution in [1.82, 2.24) is 10.7 Å². The Morgan fingerprint density at radius 3 is 2.42 bits per heavy atom. The fourth-order valence-corrected chi connectivity index (χ4v) is 3.55. The molecule has 1 atom stereocenters. The van der Waals surface area contributed by atoms with Crippen molar-refractivity contribution in [1.29, 1.82) is 0 Å². The van der Waals surface area contributed by atoms with Crippen LogP contribution in [-0.4, -0.2) is 44.9 Å². The molecule has 0 heterocycles. The van der Waals surface area contributed by atoms with Crippen molar-refractivity contribution >= 4 is 34.0 Å². The van der Waals surface area contributed by atoms with Gasteiger partial charge in [0, 0.05) is 11.6 Å². The molecule has 0 saturated heterocycles. The first kappa shape index (κ1) is 26.2. The highest BCUT2D eigenvalue weighted by Gasteiger charge is 2.22. The topological polar surface area (TPSA) is 98.3 Å². The summed E-state index contributed by atoms with van der Waals surface area (Å²) >= 11 is 3.42. The van der Waals surface area contributed by atoms with Crippen LogP contribution in [0.5, 0.6) is 17.2 Å². The minimum absolute atomic E-state index is 0.181. The Hall–Kier alpha value is -3.07. The number of rotatable bonds is 11. The molecule has 8 nitrogen and oxygen atoms in total. The van der Waals surface area contributed by atoms with Crippen molar-refractivity contribution in [3.8, 4) is 17.2 Å². The van der Waals surface area contributed by atoms with Crippen molar-refractivity contribution in [2.24, 2.45) is 11.0 Å². The maximum Gasteiger partial charge on any atom is 0.262 e. The molecule has 9 heteroatoms. The third-order valence-corrected chi connectivity index (χ3v) is 5.31. The molecule has 0 aliphatic rings. The number of para-hydroxylation sites is 1. The van der Waals surface area contributed by atoms with Crippen LogP contribution in [0.15, 0.2) is 46.0 Å². The molecule has 33 heavy (non-hydrogen) atoms. The first-order valence-electron chi connectivity index (χ1n) is 10.5. The number of hydrogen-bond acceptors (Lipinski definition) is 6. The standard InChI is InChI=1S/C24H30BrN3O5/c1-15(2)10-19(27-23(29)14-33-20-9-7-6-8-16(20)3)24(30)28-26-13-17-11-18(25)22(32-5)12-21(17)31-4/h6-9,11-13,15,19H,10,14H2,1-5H3,(H,27,29)(H,28,30)/b26-13-/t19-/m0/s1. The van der Waals surface area contributed by atoms with Gasteiger partial charge in [0.25, 0.3) is 11.8 Å². The van der Waals surface area contributed by atoms with E-state index in [1.165, 1.54) is 13.3 Å². The predicted octanol–water partition coefficient (Wildman–Crippen LogP) is 3.83. The number of benzene rings is 2. The molecule has 2 N–H and O–H groups in total. The lowest BCUT2D eigenvalue weighted by Gasteiger charge is -2.19. The van der Waals surface area contributed by atoms with Gasteiger partial charge < -0.3 is 19.5 Å². The van der Waals surface area contributed by atoms with Gasteiger partial charge in [-0.2, -0.15) is 5.10 Å².